The molecule has 1 aromatic carbocycles. The van der Waals surface area contributed by atoms with Crippen molar-refractivity contribution in [1.29, 1.82) is 0 Å². The molecule has 1 rings (SSSR count). The van der Waals surface area contributed by atoms with Crippen molar-refractivity contribution in [2.75, 3.05) is 17.1 Å². The third kappa shape index (κ3) is 5.18. The minimum absolute atomic E-state index is 0.281. The first-order valence-corrected chi connectivity index (χ1v) is 9.56. The van der Waals surface area contributed by atoms with Crippen LogP contribution in [-0.4, -0.2) is 33.2 Å². The Kier molecular flexibility index (Phi) is 7.16. The van der Waals surface area contributed by atoms with Crippen LogP contribution in [-0.2, 0) is 14.8 Å². The largest absolute Gasteiger partial charge is 0.354 e. The number of hydrogen-bond acceptors (Lipinski definition) is 3. The highest BCUT2D eigenvalue weighted by Crippen LogP contribution is 2.24. The summed E-state index contributed by atoms with van der Waals surface area (Å²) in [6.07, 6.45) is 3.31. The molecule has 1 unspecified atom stereocenters. The quantitative estimate of drug-likeness (QED) is 0.736. The zero-order valence-electron chi connectivity index (χ0n) is 13.2. The highest BCUT2D eigenvalue weighted by atomic mass is 35.5. The van der Waals surface area contributed by atoms with Crippen LogP contribution in [0.25, 0.3) is 0 Å². The van der Waals surface area contributed by atoms with Crippen LogP contribution in [0.1, 0.15) is 33.1 Å². The van der Waals surface area contributed by atoms with E-state index in [0.717, 1.165) is 23.4 Å². The van der Waals surface area contributed by atoms with Gasteiger partial charge in [0.2, 0.25) is 15.9 Å². The van der Waals surface area contributed by atoms with E-state index >= 15 is 0 Å². The fraction of sp³-hybridized carbons (Fsp3) is 0.533. The normalized spacial score (nSPS) is 12.7. The van der Waals surface area contributed by atoms with Crippen LogP contribution in [0.15, 0.2) is 24.3 Å². The molecule has 5 nitrogen and oxygen atoms in total. The fourth-order valence-corrected chi connectivity index (χ4v) is 3.49. The second-order valence-corrected chi connectivity index (χ2v) is 7.40. The van der Waals surface area contributed by atoms with Gasteiger partial charge in [-0.1, -0.05) is 31.9 Å². The maximum atomic E-state index is 12.3. The van der Waals surface area contributed by atoms with Crippen LogP contribution in [0.5, 0.6) is 0 Å². The number of carbonyl (C=O) groups is 1. The third-order valence-electron chi connectivity index (χ3n) is 3.24. The smallest absolute Gasteiger partial charge is 0.243 e. The van der Waals surface area contributed by atoms with Crippen LogP contribution < -0.4 is 9.62 Å². The van der Waals surface area contributed by atoms with Crippen molar-refractivity contribution in [3.63, 3.8) is 0 Å². The van der Waals surface area contributed by atoms with Crippen LogP contribution in [0, 0.1) is 0 Å². The number of halogens is 1. The molecule has 0 aliphatic heterocycles. The average molecular weight is 347 g/mol. The van der Waals surface area contributed by atoms with Crippen LogP contribution in [0.2, 0.25) is 5.02 Å². The van der Waals surface area contributed by atoms with Crippen LogP contribution in [0.4, 0.5) is 5.69 Å². The van der Waals surface area contributed by atoms with Gasteiger partial charge in [-0.15, -0.1) is 0 Å². The lowest BCUT2D eigenvalue weighted by Crippen LogP contribution is -2.49. The van der Waals surface area contributed by atoms with E-state index in [9.17, 15) is 13.2 Å². The summed E-state index contributed by atoms with van der Waals surface area (Å²) in [5.74, 6) is -0.281. The Hall–Kier alpha value is -1.27. The average Bonchev–Trinajstić information content (AvgIpc) is 2.44. The van der Waals surface area contributed by atoms with Gasteiger partial charge in [0, 0.05) is 11.6 Å². The molecule has 0 fully saturated rings. The second-order valence-electron chi connectivity index (χ2n) is 5.10. The van der Waals surface area contributed by atoms with Crippen molar-refractivity contribution in [2.45, 2.75) is 39.2 Å². The third-order valence-corrected chi connectivity index (χ3v) is 4.67. The molecule has 0 aliphatic carbocycles. The number of nitrogens with one attached hydrogen (secondary N) is 1. The summed E-state index contributed by atoms with van der Waals surface area (Å²) >= 11 is 5.84. The number of nitrogens with zero attached hydrogens (tertiary/aromatic N) is 1. The van der Waals surface area contributed by atoms with E-state index in [-0.39, 0.29) is 5.91 Å². The maximum Gasteiger partial charge on any atom is 0.243 e. The standard InChI is InChI=1S/C15H23ClN2O3S/c1-4-6-11-17-15(19)14(5-2)18(22(3,20)21)13-9-7-12(16)8-10-13/h7-10,14H,4-6,11H2,1-3H3,(H,17,19). The van der Waals surface area contributed by atoms with E-state index in [2.05, 4.69) is 5.32 Å². The van der Waals surface area contributed by atoms with Crippen molar-refractivity contribution >= 4 is 33.2 Å². The minimum atomic E-state index is -3.59. The second kappa shape index (κ2) is 8.39. The summed E-state index contributed by atoms with van der Waals surface area (Å²) < 4.78 is 25.5. The number of benzene rings is 1. The zero-order valence-corrected chi connectivity index (χ0v) is 14.7. The van der Waals surface area contributed by atoms with Crippen LogP contribution in [0.3, 0.4) is 0 Å². The van der Waals surface area contributed by atoms with Gasteiger partial charge in [-0.3, -0.25) is 9.10 Å². The van der Waals surface area contributed by atoms with Gasteiger partial charge in [-0.25, -0.2) is 8.42 Å². The van der Waals surface area contributed by atoms with E-state index in [1.54, 1.807) is 31.2 Å². The predicted molar refractivity (Wildman–Crippen MR) is 90.8 cm³/mol. The van der Waals surface area contributed by atoms with Gasteiger partial charge in [0.1, 0.15) is 6.04 Å². The van der Waals surface area contributed by atoms with Gasteiger partial charge in [-0.05, 0) is 37.1 Å². The Balaban J connectivity index is 3.08. The number of hydrogen-bond donors (Lipinski definition) is 1. The Morgan fingerprint density at radius 3 is 2.32 bits per heavy atom. The molecular formula is C15H23ClN2O3S. The number of anilines is 1. The number of amides is 1. The molecule has 1 aromatic rings. The molecule has 7 heteroatoms. The van der Waals surface area contributed by atoms with Crippen molar-refractivity contribution in [1.82, 2.24) is 5.32 Å². The van der Waals surface area contributed by atoms with Gasteiger partial charge < -0.3 is 5.32 Å². The Morgan fingerprint density at radius 1 is 1.27 bits per heavy atom. The Morgan fingerprint density at radius 2 is 1.86 bits per heavy atom. The number of rotatable bonds is 8. The van der Waals surface area contributed by atoms with E-state index in [4.69, 9.17) is 11.6 Å². The first-order valence-electron chi connectivity index (χ1n) is 7.34. The molecule has 1 atom stereocenters. The molecule has 0 bridgehead atoms. The molecule has 0 heterocycles. The number of sulfonamides is 1. The summed E-state index contributed by atoms with van der Waals surface area (Å²) in [7, 11) is -3.59. The molecule has 124 valence electrons. The molecular weight excluding hydrogens is 324 g/mol. The van der Waals surface area contributed by atoms with E-state index < -0.39 is 16.1 Å². The Bertz CT molecular complexity index is 587. The van der Waals surface area contributed by atoms with E-state index in [0.29, 0.717) is 23.7 Å². The minimum Gasteiger partial charge on any atom is -0.354 e. The molecule has 0 aromatic heterocycles. The molecule has 1 amide bonds. The predicted octanol–water partition coefficient (Wildman–Crippen LogP) is 2.80. The topological polar surface area (TPSA) is 66.5 Å². The first-order chi connectivity index (χ1) is 10.3. The summed E-state index contributed by atoms with van der Waals surface area (Å²) in [4.78, 5) is 12.3. The van der Waals surface area contributed by atoms with Crippen molar-refractivity contribution in [2.24, 2.45) is 0 Å². The Labute approximate surface area is 137 Å². The van der Waals surface area contributed by atoms with Crippen molar-refractivity contribution in [3.8, 4) is 0 Å². The van der Waals surface area contributed by atoms with E-state index in [1.165, 1.54) is 0 Å². The molecule has 0 radical (unpaired) electrons. The lowest BCUT2D eigenvalue weighted by molar-refractivity contribution is -0.122. The number of unbranched alkanes of at least 4 members (excludes halogenated alkanes) is 1. The highest BCUT2D eigenvalue weighted by molar-refractivity contribution is 7.92. The lowest BCUT2D eigenvalue weighted by Gasteiger charge is -2.30. The van der Waals surface area contributed by atoms with E-state index in [1.807, 2.05) is 6.92 Å². The lowest BCUT2D eigenvalue weighted by atomic mass is 10.2. The van der Waals surface area contributed by atoms with Gasteiger partial charge >= 0.3 is 0 Å². The van der Waals surface area contributed by atoms with Crippen molar-refractivity contribution < 1.29 is 13.2 Å². The molecule has 0 saturated carbocycles. The fourth-order valence-electron chi connectivity index (χ4n) is 2.15. The van der Waals surface area contributed by atoms with Gasteiger partial charge in [-0.2, -0.15) is 0 Å². The number of carbonyl (C=O) groups excluding carboxylic acids is 1. The molecule has 0 aliphatic rings. The molecule has 0 spiro atoms. The van der Waals surface area contributed by atoms with Crippen LogP contribution >= 0.6 is 11.6 Å². The van der Waals surface area contributed by atoms with Crippen molar-refractivity contribution in [3.05, 3.63) is 29.3 Å². The summed E-state index contributed by atoms with van der Waals surface area (Å²) in [5.41, 5.74) is 0.435. The summed E-state index contributed by atoms with van der Waals surface area (Å²) in [5, 5.41) is 3.31. The van der Waals surface area contributed by atoms with Gasteiger partial charge in [0.25, 0.3) is 0 Å². The van der Waals surface area contributed by atoms with Gasteiger partial charge in [0.15, 0.2) is 0 Å². The monoisotopic (exact) mass is 346 g/mol. The maximum absolute atomic E-state index is 12.3. The SMILES string of the molecule is CCCCNC(=O)C(CC)N(c1ccc(Cl)cc1)S(C)(=O)=O. The summed E-state index contributed by atoms with van der Waals surface area (Å²) in [6, 6.07) is 5.65. The molecule has 1 N–H and O–H groups in total. The molecule has 0 saturated heterocycles. The first kappa shape index (κ1) is 18.8. The summed E-state index contributed by atoms with van der Waals surface area (Å²) in [6.45, 7) is 4.36. The molecule has 22 heavy (non-hydrogen) atoms. The van der Waals surface area contributed by atoms with Gasteiger partial charge in [0.05, 0.1) is 11.9 Å². The highest BCUT2D eigenvalue weighted by Gasteiger charge is 2.31. The zero-order chi connectivity index (χ0) is 16.8.